The van der Waals surface area contributed by atoms with Crippen LogP contribution in [0, 0.1) is 20.8 Å². The van der Waals surface area contributed by atoms with Crippen LogP contribution >= 0.6 is 12.4 Å². The van der Waals surface area contributed by atoms with E-state index in [1.54, 1.807) is 0 Å². The molecule has 0 radical (unpaired) electrons. The van der Waals surface area contributed by atoms with Crippen molar-refractivity contribution < 1.29 is 14.3 Å². The first-order valence-electron chi connectivity index (χ1n) is 9.36. The highest BCUT2D eigenvalue weighted by molar-refractivity contribution is 5.86. The monoisotopic (exact) mass is 404 g/mol. The number of nitrogens with one attached hydrogen (secondary N) is 1. The predicted octanol–water partition coefficient (Wildman–Crippen LogP) is 3.95. The fraction of sp³-hybridized carbons (Fsp3) is 0.409. The summed E-state index contributed by atoms with van der Waals surface area (Å²) in [5.74, 6) is 1.54. The number of carbonyl (C=O) groups is 1. The molecule has 1 saturated heterocycles. The lowest BCUT2D eigenvalue weighted by Gasteiger charge is -2.31. The molecule has 0 aliphatic carbocycles. The van der Waals surface area contributed by atoms with E-state index in [1.165, 1.54) is 11.1 Å². The summed E-state index contributed by atoms with van der Waals surface area (Å²) in [6, 6.07) is 12.1. The molecule has 28 heavy (non-hydrogen) atoms. The fourth-order valence-corrected chi connectivity index (χ4v) is 3.38. The van der Waals surface area contributed by atoms with Crippen molar-refractivity contribution >= 4 is 18.3 Å². The molecule has 1 heterocycles. The standard InChI is InChI=1S/C22H28N2O3.ClH/c1-15-10-16(2)12-19(11-15)27-20-5-4-18(13-17(20)3)14-24-21(25)22(23)6-8-26-9-7-22;/h4-5,10-13H,6-9,14,23H2,1-3H3,(H,24,25);1H. The molecule has 0 aromatic heterocycles. The molecular weight excluding hydrogens is 376 g/mol. The molecule has 0 unspecified atom stereocenters. The Kier molecular flexibility index (Phi) is 7.47. The number of aryl methyl sites for hydroxylation is 3. The van der Waals surface area contributed by atoms with E-state index in [2.05, 4.69) is 25.2 Å². The number of ether oxygens (including phenoxy) is 2. The number of amides is 1. The second-order valence-electron chi connectivity index (χ2n) is 7.48. The third-order valence-corrected chi connectivity index (χ3v) is 4.95. The molecule has 3 N–H and O–H groups in total. The number of rotatable bonds is 5. The maximum atomic E-state index is 12.4. The number of halogens is 1. The highest BCUT2D eigenvalue weighted by Crippen LogP contribution is 2.27. The van der Waals surface area contributed by atoms with Gasteiger partial charge < -0.3 is 20.5 Å². The molecule has 1 aliphatic heterocycles. The van der Waals surface area contributed by atoms with Crippen LogP contribution < -0.4 is 15.8 Å². The summed E-state index contributed by atoms with van der Waals surface area (Å²) >= 11 is 0. The van der Waals surface area contributed by atoms with Crippen molar-refractivity contribution in [2.24, 2.45) is 5.73 Å². The van der Waals surface area contributed by atoms with Crippen LogP contribution in [0.5, 0.6) is 11.5 Å². The summed E-state index contributed by atoms with van der Waals surface area (Å²) in [5.41, 5.74) is 9.78. The lowest BCUT2D eigenvalue weighted by atomic mass is 9.90. The number of nitrogens with two attached hydrogens (primary N) is 1. The Morgan fingerprint density at radius 1 is 1.11 bits per heavy atom. The first-order valence-corrected chi connectivity index (χ1v) is 9.36. The molecule has 5 nitrogen and oxygen atoms in total. The zero-order valence-electron chi connectivity index (χ0n) is 16.7. The molecule has 0 spiro atoms. The van der Waals surface area contributed by atoms with E-state index in [9.17, 15) is 4.79 Å². The molecular formula is C22H29ClN2O3. The van der Waals surface area contributed by atoms with Crippen LogP contribution in [0.1, 0.15) is 35.1 Å². The van der Waals surface area contributed by atoms with Gasteiger partial charge in [0.1, 0.15) is 11.5 Å². The van der Waals surface area contributed by atoms with Gasteiger partial charge in [-0.25, -0.2) is 0 Å². The molecule has 3 rings (SSSR count). The molecule has 1 amide bonds. The molecule has 0 atom stereocenters. The van der Waals surface area contributed by atoms with Gasteiger partial charge in [-0.3, -0.25) is 4.79 Å². The van der Waals surface area contributed by atoms with Crippen LogP contribution in [0.25, 0.3) is 0 Å². The van der Waals surface area contributed by atoms with Crippen LogP contribution in [0.4, 0.5) is 0 Å². The van der Waals surface area contributed by atoms with E-state index in [-0.39, 0.29) is 18.3 Å². The average Bonchev–Trinajstić information content (AvgIpc) is 2.61. The minimum atomic E-state index is -0.820. The highest BCUT2D eigenvalue weighted by atomic mass is 35.5. The van der Waals surface area contributed by atoms with Crippen molar-refractivity contribution in [1.29, 1.82) is 0 Å². The maximum Gasteiger partial charge on any atom is 0.240 e. The molecule has 1 aliphatic rings. The summed E-state index contributed by atoms with van der Waals surface area (Å²) in [5, 5.41) is 2.96. The third kappa shape index (κ3) is 5.47. The zero-order chi connectivity index (χ0) is 19.4. The molecule has 1 fully saturated rings. The van der Waals surface area contributed by atoms with E-state index in [0.29, 0.717) is 32.6 Å². The van der Waals surface area contributed by atoms with Crippen LogP contribution in [0.3, 0.4) is 0 Å². The molecule has 2 aromatic carbocycles. The first kappa shape index (κ1) is 22.2. The molecule has 0 bridgehead atoms. The van der Waals surface area contributed by atoms with Crippen molar-refractivity contribution in [3.8, 4) is 11.5 Å². The van der Waals surface area contributed by atoms with Gasteiger partial charge in [0.05, 0.1) is 5.54 Å². The van der Waals surface area contributed by atoms with Crippen LogP contribution in [-0.2, 0) is 16.1 Å². The van der Waals surface area contributed by atoms with Gasteiger partial charge in [0, 0.05) is 19.8 Å². The normalized spacial score (nSPS) is 15.4. The molecule has 6 heteroatoms. The quantitative estimate of drug-likeness (QED) is 0.791. The maximum absolute atomic E-state index is 12.4. The minimum absolute atomic E-state index is 0. The lowest BCUT2D eigenvalue weighted by Crippen LogP contribution is -2.56. The Bertz CT molecular complexity index is 812. The van der Waals surface area contributed by atoms with Gasteiger partial charge in [0.15, 0.2) is 0 Å². The second kappa shape index (κ2) is 9.41. The Morgan fingerprint density at radius 3 is 2.36 bits per heavy atom. The van der Waals surface area contributed by atoms with Crippen molar-refractivity contribution in [1.82, 2.24) is 5.32 Å². The number of carbonyl (C=O) groups excluding carboxylic acids is 1. The van der Waals surface area contributed by atoms with Crippen LogP contribution in [0.15, 0.2) is 36.4 Å². The largest absolute Gasteiger partial charge is 0.457 e. The van der Waals surface area contributed by atoms with Gasteiger partial charge in [0.2, 0.25) is 5.91 Å². The first-order chi connectivity index (χ1) is 12.9. The van der Waals surface area contributed by atoms with Gasteiger partial charge in [-0.1, -0.05) is 18.2 Å². The summed E-state index contributed by atoms with van der Waals surface area (Å²) in [6.45, 7) is 7.64. The van der Waals surface area contributed by atoms with Gasteiger partial charge in [-0.15, -0.1) is 12.4 Å². The predicted molar refractivity (Wildman–Crippen MR) is 113 cm³/mol. The molecule has 152 valence electrons. The van der Waals surface area contributed by atoms with Crippen molar-refractivity contribution in [2.75, 3.05) is 13.2 Å². The van der Waals surface area contributed by atoms with Crippen LogP contribution in [-0.4, -0.2) is 24.7 Å². The number of hydrogen-bond acceptors (Lipinski definition) is 4. The van der Waals surface area contributed by atoms with Gasteiger partial charge in [-0.2, -0.15) is 0 Å². The van der Waals surface area contributed by atoms with Gasteiger partial charge in [0.25, 0.3) is 0 Å². The Morgan fingerprint density at radius 2 is 1.75 bits per heavy atom. The summed E-state index contributed by atoms with van der Waals surface area (Å²) in [4.78, 5) is 12.4. The van der Waals surface area contributed by atoms with Crippen molar-refractivity contribution in [3.63, 3.8) is 0 Å². The SMILES string of the molecule is Cc1cc(C)cc(Oc2ccc(CNC(=O)C3(N)CCOCC3)cc2C)c1.Cl. The van der Waals surface area contributed by atoms with E-state index in [0.717, 1.165) is 22.6 Å². The van der Waals surface area contributed by atoms with E-state index < -0.39 is 5.54 Å². The van der Waals surface area contributed by atoms with E-state index in [1.807, 2.05) is 37.3 Å². The third-order valence-electron chi connectivity index (χ3n) is 4.95. The smallest absolute Gasteiger partial charge is 0.240 e. The molecule has 0 saturated carbocycles. The van der Waals surface area contributed by atoms with Crippen molar-refractivity contribution in [3.05, 3.63) is 58.7 Å². The lowest BCUT2D eigenvalue weighted by molar-refractivity contribution is -0.129. The average molecular weight is 405 g/mol. The number of benzene rings is 2. The molecule has 2 aromatic rings. The second-order valence-corrected chi connectivity index (χ2v) is 7.48. The highest BCUT2D eigenvalue weighted by Gasteiger charge is 2.35. The van der Waals surface area contributed by atoms with Crippen molar-refractivity contribution in [2.45, 2.75) is 45.7 Å². The zero-order valence-corrected chi connectivity index (χ0v) is 17.5. The van der Waals surface area contributed by atoms with E-state index in [4.69, 9.17) is 15.2 Å². The summed E-state index contributed by atoms with van der Waals surface area (Å²) in [7, 11) is 0. The number of hydrogen-bond donors (Lipinski definition) is 2. The van der Waals surface area contributed by atoms with Gasteiger partial charge >= 0.3 is 0 Å². The van der Waals surface area contributed by atoms with E-state index >= 15 is 0 Å². The Hall–Kier alpha value is -2.08. The fourth-order valence-electron chi connectivity index (χ4n) is 3.38. The topological polar surface area (TPSA) is 73.6 Å². The van der Waals surface area contributed by atoms with Crippen LogP contribution in [0.2, 0.25) is 0 Å². The summed E-state index contributed by atoms with van der Waals surface area (Å²) in [6.07, 6.45) is 1.11. The Labute approximate surface area is 173 Å². The summed E-state index contributed by atoms with van der Waals surface area (Å²) < 4.78 is 11.3. The Balaban J connectivity index is 0.00000280. The minimum Gasteiger partial charge on any atom is -0.457 e. The van der Waals surface area contributed by atoms with Gasteiger partial charge in [-0.05, 0) is 74.1 Å².